The second-order valence-electron chi connectivity index (χ2n) is 5.30. The van der Waals surface area contributed by atoms with Gasteiger partial charge in [0.05, 0.1) is 12.7 Å². The Bertz CT molecular complexity index is 393. The molecule has 3 heteroatoms. The first kappa shape index (κ1) is 16.8. The van der Waals surface area contributed by atoms with E-state index in [0.29, 0.717) is 6.61 Å². The third-order valence-electron chi connectivity index (χ3n) is 3.35. The molecule has 0 aliphatic carbocycles. The second kappa shape index (κ2) is 8.85. The maximum atomic E-state index is 6.02. The minimum atomic E-state index is 0.204. The largest absolute Gasteiger partial charge is 0.490 e. The smallest absolute Gasteiger partial charge is 0.161 e. The molecular weight excluding hydrogens is 250 g/mol. The van der Waals surface area contributed by atoms with Crippen LogP contribution in [-0.4, -0.2) is 18.8 Å². The number of benzene rings is 1. The van der Waals surface area contributed by atoms with Gasteiger partial charge >= 0.3 is 0 Å². The lowest BCUT2D eigenvalue weighted by atomic mass is 10.0. The van der Waals surface area contributed by atoms with Gasteiger partial charge in [0.2, 0.25) is 0 Å². The van der Waals surface area contributed by atoms with Crippen LogP contribution in [-0.2, 0) is 6.42 Å². The summed E-state index contributed by atoms with van der Waals surface area (Å²) in [5.74, 6) is 1.66. The van der Waals surface area contributed by atoms with E-state index in [1.165, 1.54) is 5.56 Å². The van der Waals surface area contributed by atoms with Crippen LogP contribution in [0.15, 0.2) is 18.2 Å². The van der Waals surface area contributed by atoms with E-state index >= 15 is 0 Å². The average molecular weight is 279 g/mol. The van der Waals surface area contributed by atoms with Crippen LogP contribution >= 0.6 is 0 Å². The monoisotopic (exact) mass is 279 g/mol. The molecule has 0 aliphatic rings. The van der Waals surface area contributed by atoms with E-state index in [2.05, 4.69) is 32.9 Å². The van der Waals surface area contributed by atoms with Gasteiger partial charge in [0, 0.05) is 6.04 Å². The first-order valence-corrected chi connectivity index (χ1v) is 7.78. The van der Waals surface area contributed by atoms with Gasteiger partial charge in [-0.05, 0) is 50.8 Å². The quantitative estimate of drug-likeness (QED) is 0.745. The SMILES string of the molecule is CCCC(C)Oc1ccc(CC(N)CC)cc1OCC. The predicted octanol–water partition coefficient (Wildman–Crippen LogP) is 3.93. The molecule has 1 aromatic carbocycles. The van der Waals surface area contributed by atoms with E-state index in [1.54, 1.807) is 0 Å². The normalized spacial score (nSPS) is 13.8. The molecule has 0 fully saturated rings. The Labute approximate surface area is 123 Å². The fourth-order valence-electron chi connectivity index (χ4n) is 2.17. The maximum Gasteiger partial charge on any atom is 0.161 e. The maximum absolute atomic E-state index is 6.02. The summed E-state index contributed by atoms with van der Waals surface area (Å²) in [7, 11) is 0. The van der Waals surface area contributed by atoms with Crippen molar-refractivity contribution in [3.63, 3.8) is 0 Å². The van der Waals surface area contributed by atoms with Gasteiger partial charge in [-0.15, -0.1) is 0 Å². The summed E-state index contributed by atoms with van der Waals surface area (Å²) >= 11 is 0. The molecule has 0 saturated heterocycles. The number of hydrogen-bond acceptors (Lipinski definition) is 3. The zero-order valence-electron chi connectivity index (χ0n) is 13.3. The van der Waals surface area contributed by atoms with Crippen LogP contribution in [0.4, 0.5) is 0 Å². The first-order valence-electron chi connectivity index (χ1n) is 7.78. The Morgan fingerprint density at radius 2 is 1.90 bits per heavy atom. The van der Waals surface area contributed by atoms with Gasteiger partial charge in [-0.3, -0.25) is 0 Å². The highest BCUT2D eigenvalue weighted by atomic mass is 16.5. The molecule has 0 aliphatic heterocycles. The van der Waals surface area contributed by atoms with E-state index < -0.39 is 0 Å². The van der Waals surface area contributed by atoms with E-state index in [4.69, 9.17) is 15.2 Å². The fraction of sp³-hybridized carbons (Fsp3) is 0.647. The highest BCUT2D eigenvalue weighted by Gasteiger charge is 2.11. The van der Waals surface area contributed by atoms with Crippen molar-refractivity contribution in [2.24, 2.45) is 5.73 Å². The van der Waals surface area contributed by atoms with Gasteiger partial charge in [0.25, 0.3) is 0 Å². The Hall–Kier alpha value is -1.22. The molecule has 0 amide bonds. The third-order valence-corrected chi connectivity index (χ3v) is 3.35. The molecule has 2 N–H and O–H groups in total. The molecule has 114 valence electrons. The highest BCUT2D eigenvalue weighted by Crippen LogP contribution is 2.30. The second-order valence-corrected chi connectivity index (χ2v) is 5.30. The van der Waals surface area contributed by atoms with E-state index in [1.807, 2.05) is 13.0 Å². The molecule has 2 unspecified atom stereocenters. The number of nitrogens with two attached hydrogens (primary N) is 1. The van der Waals surface area contributed by atoms with Crippen molar-refractivity contribution < 1.29 is 9.47 Å². The summed E-state index contributed by atoms with van der Waals surface area (Å²) < 4.78 is 11.7. The Morgan fingerprint density at radius 1 is 1.15 bits per heavy atom. The van der Waals surface area contributed by atoms with Gasteiger partial charge < -0.3 is 15.2 Å². The zero-order chi connectivity index (χ0) is 15.0. The van der Waals surface area contributed by atoms with Crippen molar-refractivity contribution in [3.05, 3.63) is 23.8 Å². The topological polar surface area (TPSA) is 44.5 Å². The summed E-state index contributed by atoms with van der Waals surface area (Å²) in [5.41, 5.74) is 7.22. The Kier molecular flexibility index (Phi) is 7.45. The summed E-state index contributed by atoms with van der Waals surface area (Å²) in [6.07, 6.45) is 4.24. The van der Waals surface area contributed by atoms with Gasteiger partial charge in [-0.2, -0.15) is 0 Å². The number of rotatable bonds is 9. The van der Waals surface area contributed by atoms with E-state index in [0.717, 1.165) is 37.2 Å². The molecule has 0 saturated carbocycles. The summed E-state index contributed by atoms with van der Waals surface area (Å²) in [6.45, 7) is 9.00. The van der Waals surface area contributed by atoms with Crippen molar-refractivity contribution >= 4 is 0 Å². The third kappa shape index (κ3) is 5.41. The molecule has 0 heterocycles. The number of hydrogen-bond donors (Lipinski definition) is 1. The van der Waals surface area contributed by atoms with Crippen LogP contribution in [0.1, 0.15) is 52.5 Å². The van der Waals surface area contributed by atoms with Crippen LogP contribution < -0.4 is 15.2 Å². The molecule has 0 aromatic heterocycles. The molecule has 2 atom stereocenters. The summed E-state index contributed by atoms with van der Waals surface area (Å²) in [4.78, 5) is 0. The lowest BCUT2D eigenvalue weighted by Crippen LogP contribution is -2.21. The van der Waals surface area contributed by atoms with E-state index in [-0.39, 0.29) is 12.1 Å². The van der Waals surface area contributed by atoms with Gasteiger partial charge in [-0.1, -0.05) is 26.3 Å². The highest BCUT2D eigenvalue weighted by molar-refractivity contribution is 5.43. The standard InChI is InChI=1S/C17H29NO2/c1-5-8-13(4)20-16-10-9-14(11-15(18)6-2)12-17(16)19-7-3/h9-10,12-13,15H,5-8,11,18H2,1-4H3. The molecular formula is C17H29NO2. The molecule has 3 nitrogen and oxygen atoms in total. The first-order chi connectivity index (χ1) is 9.60. The van der Waals surface area contributed by atoms with Crippen LogP contribution in [0, 0.1) is 0 Å². The summed E-state index contributed by atoms with van der Waals surface area (Å²) in [6, 6.07) is 6.36. The molecule has 0 spiro atoms. The van der Waals surface area contributed by atoms with Gasteiger partial charge in [-0.25, -0.2) is 0 Å². The van der Waals surface area contributed by atoms with Crippen LogP contribution in [0.2, 0.25) is 0 Å². The predicted molar refractivity (Wildman–Crippen MR) is 84.6 cm³/mol. The van der Waals surface area contributed by atoms with Gasteiger partial charge in [0.15, 0.2) is 11.5 Å². The minimum Gasteiger partial charge on any atom is -0.490 e. The van der Waals surface area contributed by atoms with Crippen LogP contribution in [0.25, 0.3) is 0 Å². The van der Waals surface area contributed by atoms with Crippen LogP contribution in [0.3, 0.4) is 0 Å². The Balaban J connectivity index is 2.83. The lowest BCUT2D eigenvalue weighted by molar-refractivity contribution is 0.197. The minimum absolute atomic E-state index is 0.204. The summed E-state index contributed by atoms with van der Waals surface area (Å²) in [5, 5.41) is 0. The van der Waals surface area contributed by atoms with Crippen molar-refractivity contribution in [1.82, 2.24) is 0 Å². The average Bonchev–Trinajstić information content (AvgIpc) is 2.42. The van der Waals surface area contributed by atoms with E-state index in [9.17, 15) is 0 Å². The molecule has 20 heavy (non-hydrogen) atoms. The zero-order valence-corrected chi connectivity index (χ0v) is 13.3. The van der Waals surface area contributed by atoms with Crippen LogP contribution in [0.5, 0.6) is 11.5 Å². The molecule has 1 rings (SSSR count). The number of ether oxygens (including phenoxy) is 2. The Morgan fingerprint density at radius 3 is 2.50 bits per heavy atom. The molecule has 0 radical (unpaired) electrons. The fourth-order valence-corrected chi connectivity index (χ4v) is 2.17. The lowest BCUT2D eigenvalue weighted by Gasteiger charge is -2.18. The molecule has 1 aromatic rings. The van der Waals surface area contributed by atoms with Crippen molar-refractivity contribution in [2.45, 2.75) is 65.5 Å². The van der Waals surface area contributed by atoms with Crippen molar-refractivity contribution in [2.75, 3.05) is 6.61 Å². The van der Waals surface area contributed by atoms with Crippen molar-refractivity contribution in [1.29, 1.82) is 0 Å². The van der Waals surface area contributed by atoms with Gasteiger partial charge in [0.1, 0.15) is 0 Å². The van der Waals surface area contributed by atoms with Crippen molar-refractivity contribution in [3.8, 4) is 11.5 Å². The molecule has 0 bridgehead atoms.